The molecular weight excluding hydrogens is 278 g/mol. The van der Waals surface area contributed by atoms with Gasteiger partial charge in [0.05, 0.1) is 23.3 Å². The van der Waals surface area contributed by atoms with E-state index in [0.717, 1.165) is 6.07 Å². The maximum atomic E-state index is 12.7. The van der Waals surface area contributed by atoms with Crippen LogP contribution < -0.4 is 0 Å². The SMILES string of the molecule is CCOC(=O)c1cccc(C(F)(F)F)c1C(F)(F)F. The van der Waals surface area contributed by atoms with Crippen LogP contribution in [0, 0.1) is 0 Å². The number of benzene rings is 1. The molecule has 0 fully saturated rings. The van der Waals surface area contributed by atoms with Crippen LogP contribution >= 0.6 is 0 Å². The zero-order valence-corrected chi connectivity index (χ0v) is 9.52. The minimum Gasteiger partial charge on any atom is -0.462 e. The molecule has 0 amide bonds. The van der Waals surface area contributed by atoms with E-state index in [2.05, 4.69) is 4.74 Å². The minimum atomic E-state index is -5.31. The van der Waals surface area contributed by atoms with Gasteiger partial charge in [0.15, 0.2) is 0 Å². The fourth-order valence-corrected chi connectivity index (χ4v) is 1.47. The highest BCUT2D eigenvalue weighted by Crippen LogP contribution is 2.42. The van der Waals surface area contributed by atoms with Crippen molar-refractivity contribution in [2.45, 2.75) is 19.3 Å². The Bertz CT molecular complexity index is 475. The van der Waals surface area contributed by atoms with Crippen LogP contribution in [0.25, 0.3) is 0 Å². The molecule has 0 unspecified atom stereocenters. The second-order valence-corrected chi connectivity index (χ2v) is 3.44. The summed E-state index contributed by atoms with van der Waals surface area (Å²) in [6.07, 6.45) is -10.5. The third-order valence-electron chi connectivity index (χ3n) is 2.15. The highest BCUT2D eigenvalue weighted by Gasteiger charge is 2.45. The molecule has 1 aromatic carbocycles. The molecule has 1 rings (SSSR count). The molecule has 106 valence electrons. The smallest absolute Gasteiger partial charge is 0.417 e. The quantitative estimate of drug-likeness (QED) is 0.609. The van der Waals surface area contributed by atoms with Crippen molar-refractivity contribution in [3.63, 3.8) is 0 Å². The summed E-state index contributed by atoms with van der Waals surface area (Å²) in [5.74, 6) is -1.44. The Morgan fingerprint density at radius 1 is 1.11 bits per heavy atom. The Kier molecular flexibility index (Phi) is 4.12. The molecule has 0 aliphatic heterocycles. The molecule has 0 atom stereocenters. The summed E-state index contributed by atoms with van der Waals surface area (Å²) in [7, 11) is 0. The number of hydrogen-bond donors (Lipinski definition) is 0. The van der Waals surface area contributed by atoms with Gasteiger partial charge in [0.1, 0.15) is 0 Å². The number of esters is 1. The molecule has 8 heteroatoms. The lowest BCUT2D eigenvalue weighted by Crippen LogP contribution is -2.21. The predicted octanol–water partition coefficient (Wildman–Crippen LogP) is 3.90. The van der Waals surface area contributed by atoms with E-state index in [9.17, 15) is 31.1 Å². The Morgan fingerprint density at radius 2 is 1.68 bits per heavy atom. The fourth-order valence-electron chi connectivity index (χ4n) is 1.47. The molecule has 0 spiro atoms. The predicted molar refractivity (Wildman–Crippen MR) is 52.4 cm³/mol. The van der Waals surface area contributed by atoms with Crippen molar-refractivity contribution in [1.29, 1.82) is 0 Å². The topological polar surface area (TPSA) is 26.3 Å². The highest BCUT2D eigenvalue weighted by molar-refractivity contribution is 5.91. The number of ether oxygens (including phenoxy) is 1. The zero-order valence-electron chi connectivity index (χ0n) is 9.52. The van der Waals surface area contributed by atoms with E-state index >= 15 is 0 Å². The monoisotopic (exact) mass is 286 g/mol. The first kappa shape index (κ1) is 15.3. The van der Waals surface area contributed by atoms with Gasteiger partial charge in [-0.05, 0) is 19.1 Å². The number of alkyl halides is 6. The van der Waals surface area contributed by atoms with Crippen molar-refractivity contribution in [3.05, 3.63) is 34.9 Å². The second-order valence-electron chi connectivity index (χ2n) is 3.44. The van der Waals surface area contributed by atoms with Crippen LogP contribution in [0.15, 0.2) is 18.2 Å². The Balaban J connectivity index is 3.53. The third-order valence-corrected chi connectivity index (χ3v) is 2.15. The summed E-state index contributed by atoms with van der Waals surface area (Å²) in [6.45, 7) is 1.09. The van der Waals surface area contributed by atoms with E-state index in [4.69, 9.17) is 0 Å². The molecule has 0 saturated heterocycles. The van der Waals surface area contributed by atoms with E-state index in [1.54, 1.807) is 0 Å². The number of hydrogen-bond acceptors (Lipinski definition) is 2. The number of halogens is 6. The Hall–Kier alpha value is -1.73. The molecule has 0 saturated carbocycles. The van der Waals surface area contributed by atoms with Gasteiger partial charge < -0.3 is 4.74 Å². The molecule has 0 radical (unpaired) electrons. The molecule has 0 N–H and O–H groups in total. The molecule has 1 aromatic rings. The largest absolute Gasteiger partial charge is 0.462 e. The molecule has 19 heavy (non-hydrogen) atoms. The van der Waals surface area contributed by atoms with Crippen molar-refractivity contribution in [2.75, 3.05) is 6.61 Å². The molecule has 2 nitrogen and oxygen atoms in total. The van der Waals surface area contributed by atoms with Crippen LogP contribution in [0.4, 0.5) is 26.3 Å². The average Bonchev–Trinajstić information content (AvgIpc) is 2.26. The summed E-state index contributed by atoms with van der Waals surface area (Å²) < 4.78 is 80.2. The molecule has 0 bridgehead atoms. The van der Waals surface area contributed by atoms with E-state index in [1.165, 1.54) is 6.92 Å². The Labute approximate surface area is 104 Å². The van der Waals surface area contributed by atoms with Crippen LogP contribution in [0.5, 0.6) is 0 Å². The molecule has 0 aliphatic rings. The van der Waals surface area contributed by atoms with Gasteiger partial charge in [-0.3, -0.25) is 0 Å². The van der Waals surface area contributed by atoms with Crippen LogP contribution in [-0.2, 0) is 17.1 Å². The van der Waals surface area contributed by atoms with Crippen molar-refractivity contribution in [1.82, 2.24) is 0 Å². The molecule has 0 aliphatic carbocycles. The minimum absolute atomic E-state index is 0.244. The van der Waals surface area contributed by atoms with Crippen LogP contribution in [0.3, 0.4) is 0 Å². The standard InChI is InChI=1S/C11H8F6O2/c1-2-19-9(18)6-4-3-5-7(10(12,13)14)8(6)11(15,16)17/h3-5H,2H2,1H3. The summed E-state index contributed by atoms with van der Waals surface area (Å²) in [6, 6.07) is 1.64. The van der Waals surface area contributed by atoms with Gasteiger partial charge in [-0.1, -0.05) is 6.07 Å². The van der Waals surface area contributed by atoms with Gasteiger partial charge >= 0.3 is 18.3 Å². The van der Waals surface area contributed by atoms with E-state index in [-0.39, 0.29) is 12.7 Å². The van der Waals surface area contributed by atoms with Crippen molar-refractivity contribution in [3.8, 4) is 0 Å². The van der Waals surface area contributed by atoms with Crippen molar-refractivity contribution < 1.29 is 35.9 Å². The van der Waals surface area contributed by atoms with Crippen LogP contribution in [0.1, 0.15) is 28.4 Å². The highest BCUT2D eigenvalue weighted by atomic mass is 19.4. The lowest BCUT2D eigenvalue weighted by molar-refractivity contribution is -0.162. The average molecular weight is 286 g/mol. The summed E-state index contributed by atoms with van der Waals surface area (Å²) >= 11 is 0. The normalized spacial score (nSPS) is 12.4. The van der Waals surface area contributed by atoms with Crippen molar-refractivity contribution >= 4 is 5.97 Å². The maximum absolute atomic E-state index is 12.7. The second kappa shape index (κ2) is 5.10. The van der Waals surface area contributed by atoms with Gasteiger partial charge in [-0.25, -0.2) is 4.79 Å². The lowest BCUT2D eigenvalue weighted by atomic mass is 10.00. The first-order valence-corrected chi connectivity index (χ1v) is 5.03. The van der Waals surface area contributed by atoms with Crippen molar-refractivity contribution in [2.24, 2.45) is 0 Å². The van der Waals surface area contributed by atoms with E-state index in [1.807, 2.05) is 0 Å². The molecule has 0 heterocycles. The summed E-state index contributed by atoms with van der Waals surface area (Å²) in [5, 5.41) is 0. The van der Waals surface area contributed by atoms with Crippen LogP contribution in [-0.4, -0.2) is 12.6 Å². The van der Waals surface area contributed by atoms with Gasteiger partial charge in [-0.2, -0.15) is 26.3 Å². The zero-order chi connectivity index (χ0) is 14.8. The summed E-state index contributed by atoms with van der Waals surface area (Å²) in [4.78, 5) is 11.3. The number of carbonyl (C=O) groups excluding carboxylic acids is 1. The molecule has 0 aromatic heterocycles. The maximum Gasteiger partial charge on any atom is 0.417 e. The third kappa shape index (κ3) is 3.39. The fraction of sp³-hybridized carbons (Fsp3) is 0.364. The van der Waals surface area contributed by atoms with Gasteiger partial charge in [0.2, 0.25) is 0 Å². The van der Waals surface area contributed by atoms with Gasteiger partial charge in [0, 0.05) is 0 Å². The van der Waals surface area contributed by atoms with Crippen LogP contribution in [0.2, 0.25) is 0 Å². The molecular formula is C11H8F6O2. The first-order chi connectivity index (χ1) is 8.59. The Morgan fingerprint density at radius 3 is 2.11 bits per heavy atom. The van der Waals surface area contributed by atoms with Gasteiger partial charge in [-0.15, -0.1) is 0 Å². The van der Waals surface area contributed by atoms with Gasteiger partial charge in [0.25, 0.3) is 0 Å². The first-order valence-electron chi connectivity index (χ1n) is 5.03. The number of carbonyl (C=O) groups is 1. The van der Waals surface area contributed by atoms with E-state index in [0.29, 0.717) is 6.07 Å². The lowest BCUT2D eigenvalue weighted by Gasteiger charge is -2.18. The number of rotatable bonds is 2. The van der Waals surface area contributed by atoms with E-state index < -0.39 is 35.0 Å². The summed E-state index contributed by atoms with van der Waals surface area (Å²) in [5.41, 5.74) is -5.09.